The molecule has 0 fully saturated rings. The molecule has 0 amide bonds. The van der Waals surface area contributed by atoms with Crippen molar-refractivity contribution in [3.05, 3.63) is 17.5 Å². The van der Waals surface area contributed by atoms with E-state index in [0.717, 1.165) is 16.8 Å². The molecule has 0 aliphatic carbocycles. The molecule has 0 aliphatic heterocycles. The van der Waals surface area contributed by atoms with Crippen molar-refractivity contribution < 1.29 is 18.7 Å². The van der Waals surface area contributed by atoms with Gasteiger partial charge in [-0.15, -0.1) is 5.10 Å². The molecule has 76 valence electrons. The number of aliphatic carboxylic acids is 1. The van der Waals surface area contributed by atoms with Gasteiger partial charge < -0.3 is 5.11 Å². The monoisotopic (exact) mass is 203 g/mol. The molecule has 1 aromatic heterocycles. The first-order valence-electron chi connectivity index (χ1n) is 3.61. The third kappa shape index (κ3) is 2.12. The second kappa shape index (κ2) is 3.95. The van der Waals surface area contributed by atoms with Crippen LogP contribution in [0.1, 0.15) is 17.8 Å². The van der Waals surface area contributed by atoms with Crippen molar-refractivity contribution in [2.24, 2.45) is 7.05 Å². The molecule has 7 heteroatoms. The summed E-state index contributed by atoms with van der Waals surface area (Å²) in [6, 6.07) is 0. The van der Waals surface area contributed by atoms with Crippen LogP contribution in [-0.2, 0) is 11.8 Å². The van der Waals surface area contributed by atoms with Gasteiger partial charge in [-0.05, 0) is 6.08 Å². The largest absolute Gasteiger partial charge is 0.478 e. The van der Waals surface area contributed by atoms with Crippen LogP contribution >= 0.6 is 0 Å². The number of aryl methyl sites for hydroxylation is 1. The highest BCUT2D eigenvalue weighted by Gasteiger charge is 2.18. The van der Waals surface area contributed by atoms with Crippen molar-refractivity contribution >= 4 is 12.0 Å². The normalized spacial score (nSPS) is 11.4. The highest BCUT2D eigenvalue weighted by molar-refractivity contribution is 5.85. The van der Waals surface area contributed by atoms with E-state index in [9.17, 15) is 13.6 Å². The maximum Gasteiger partial charge on any atom is 0.328 e. The Bertz CT molecular complexity index is 373. The molecule has 0 aliphatic rings. The van der Waals surface area contributed by atoms with Crippen LogP contribution in [0, 0.1) is 0 Å². The number of carbonyl (C=O) groups is 1. The molecule has 0 aromatic carbocycles. The van der Waals surface area contributed by atoms with Gasteiger partial charge in [0.2, 0.25) is 0 Å². The summed E-state index contributed by atoms with van der Waals surface area (Å²) >= 11 is 0. The van der Waals surface area contributed by atoms with Crippen LogP contribution in [0.3, 0.4) is 0 Å². The van der Waals surface area contributed by atoms with Gasteiger partial charge in [0.05, 0.1) is 0 Å². The zero-order chi connectivity index (χ0) is 10.7. The number of nitrogens with zero attached hydrogens (tertiary/aromatic N) is 3. The molecule has 0 saturated heterocycles. The summed E-state index contributed by atoms with van der Waals surface area (Å²) in [5.74, 6) is -1.23. The Morgan fingerprint density at radius 2 is 2.29 bits per heavy atom. The fraction of sp³-hybridized carbons (Fsp3) is 0.286. The van der Waals surface area contributed by atoms with Crippen molar-refractivity contribution in [2.45, 2.75) is 6.43 Å². The van der Waals surface area contributed by atoms with E-state index < -0.39 is 18.1 Å². The quantitative estimate of drug-likeness (QED) is 0.739. The van der Waals surface area contributed by atoms with Gasteiger partial charge in [0.1, 0.15) is 11.4 Å². The van der Waals surface area contributed by atoms with Crippen LogP contribution in [0.5, 0.6) is 0 Å². The summed E-state index contributed by atoms with van der Waals surface area (Å²) in [7, 11) is 1.31. The fourth-order valence-electron chi connectivity index (χ4n) is 0.902. The summed E-state index contributed by atoms with van der Waals surface area (Å²) in [4.78, 5) is 10.1. The summed E-state index contributed by atoms with van der Waals surface area (Å²) < 4.78 is 25.6. The average molecular weight is 203 g/mol. The lowest BCUT2D eigenvalue weighted by molar-refractivity contribution is -0.131. The second-order valence-corrected chi connectivity index (χ2v) is 2.46. The van der Waals surface area contributed by atoms with Gasteiger partial charge in [-0.2, -0.15) is 0 Å². The first-order chi connectivity index (χ1) is 6.52. The minimum atomic E-state index is -2.73. The Balaban J connectivity index is 3.03. The Morgan fingerprint density at radius 1 is 1.64 bits per heavy atom. The van der Waals surface area contributed by atoms with E-state index >= 15 is 0 Å². The molecule has 1 N–H and O–H groups in total. The Kier molecular flexibility index (Phi) is 2.90. The van der Waals surface area contributed by atoms with E-state index in [1.807, 2.05) is 0 Å². The highest BCUT2D eigenvalue weighted by atomic mass is 19.3. The molecule has 0 saturated carbocycles. The maximum absolute atomic E-state index is 12.4. The number of hydrogen-bond acceptors (Lipinski definition) is 3. The molecule has 0 bridgehead atoms. The van der Waals surface area contributed by atoms with Crippen LogP contribution in [0.4, 0.5) is 8.78 Å². The third-order valence-electron chi connectivity index (χ3n) is 1.49. The predicted molar refractivity (Wildman–Crippen MR) is 42.6 cm³/mol. The highest BCUT2D eigenvalue weighted by Crippen LogP contribution is 2.21. The molecule has 1 rings (SSSR count). The molecule has 0 radical (unpaired) electrons. The summed E-state index contributed by atoms with van der Waals surface area (Å²) in [6.45, 7) is 0. The molecule has 1 heterocycles. The minimum absolute atomic E-state index is 0.134. The molecule has 0 spiro atoms. The average Bonchev–Trinajstić information content (AvgIpc) is 2.43. The Morgan fingerprint density at radius 3 is 2.79 bits per heavy atom. The van der Waals surface area contributed by atoms with Gasteiger partial charge in [-0.25, -0.2) is 18.3 Å². The SMILES string of the molecule is Cn1nnc(/C=C/C(=O)O)c1C(F)F. The van der Waals surface area contributed by atoms with Crippen LogP contribution in [0.15, 0.2) is 6.08 Å². The number of alkyl halides is 2. The van der Waals surface area contributed by atoms with Crippen LogP contribution < -0.4 is 0 Å². The molecular formula is C7H7F2N3O2. The zero-order valence-electron chi connectivity index (χ0n) is 7.19. The molecule has 14 heavy (non-hydrogen) atoms. The van der Waals surface area contributed by atoms with E-state index in [1.54, 1.807) is 0 Å². The molecule has 0 atom stereocenters. The van der Waals surface area contributed by atoms with E-state index in [0.29, 0.717) is 0 Å². The van der Waals surface area contributed by atoms with Gasteiger partial charge >= 0.3 is 5.97 Å². The van der Waals surface area contributed by atoms with E-state index in [2.05, 4.69) is 10.3 Å². The van der Waals surface area contributed by atoms with Gasteiger partial charge in [0.25, 0.3) is 6.43 Å². The summed E-state index contributed by atoms with van der Waals surface area (Å²) in [6.07, 6.45) is -1.02. The van der Waals surface area contributed by atoms with Gasteiger partial charge in [-0.1, -0.05) is 5.21 Å². The number of hydrogen-bond donors (Lipinski definition) is 1. The second-order valence-electron chi connectivity index (χ2n) is 2.46. The lowest BCUT2D eigenvalue weighted by atomic mass is 10.3. The first kappa shape index (κ1) is 10.3. The fourth-order valence-corrected chi connectivity index (χ4v) is 0.902. The molecule has 0 unspecified atom stereocenters. The van der Waals surface area contributed by atoms with Crippen molar-refractivity contribution in [1.29, 1.82) is 0 Å². The zero-order valence-corrected chi connectivity index (χ0v) is 7.19. The predicted octanol–water partition coefficient (Wildman–Crippen LogP) is 0.851. The van der Waals surface area contributed by atoms with Gasteiger partial charge in [-0.3, -0.25) is 0 Å². The Hall–Kier alpha value is -1.79. The van der Waals surface area contributed by atoms with Gasteiger partial charge in [0, 0.05) is 13.1 Å². The smallest absolute Gasteiger partial charge is 0.328 e. The number of aromatic nitrogens is 3. The summed E-state index contributed by atoms with van der Waals surface area (Å²) in [5.41, 5.74) is -0.535. The van der Waals surface area contributed by atoms with Crippen molar-refractivity contribution in [2.75, 3.05) is 0 Å². The number of halogens is 2. The number of carboxylic acids is 1. The lowest BCUT2D eigenvalue weighted by Gasteiger charge is -1.98. The third-order valence-corrected chi connectivity index (χ3v) is 1.49. The van der Waals surface area contributed by atoms with E-state index in [-0.39, 0.29) is 5.69 Å². The number of rotatable bonds is 3. The van der Waals surface area contributed by atoms with Crippen LogP contribution in [0.25, 0.3) is 6.08 Å². The number of carboxylic acid groups (broad SMARTS) is 1. The van der Waals surface area contributed by atoms with E-state index in [4.69, 9.17) is 5.11 Å². The van der Waals surface area contributed by atoms with Crippen molar-refractivity contribution in [3.63, 3.8) is 0 Å². The Labute approximate surface area is 77.6 Å². The minimum Gasteiger partial charge on any atom is -0.478 e. The van der Waals surface area contributed by atoms with Crippen LogP contribution in [-0.4, -0.2) is 26.1 Å². The molecule has 1 aromatic rings. The standard InChI is InChI=1S/C7H7F2N3O2/c1-12-6(7(8)9)4(10-11-12)2-3-5(13)14/h2-3,7H,1H3,(H,13,14)/b3-2+. The van der Waals surface area contributed by atoms with Gasteiger partial charge in [0.15, 0.2) is 0 Å². The van der Waals surface area contributed by atoms with Crippen molar-refractivity contribution in [3.8, 4) is 0 Å². The maximum atomic E-state index is 12.4. The molecule has 5 nitrogen and oxygen atoms in total. The molecular weight excluding hydrogens is 196 g/mol. The van der Waals surface area contributed by atoms with Crippen molar-refractivity contribution in [1.82, 2.24) is 15.0 Å². The first-order valence-corrected chi connectivity index (χ1v) is 3.61. The summed E-state index contributed by atoms with van der Waals surface area (Å²) in [5, 5.41) is 15.0. The lowest BCUT2D eigenvalue weighted by Crippen LogP contribution is -1.99. The van der Waals surface area contributed by atoms with Crippen LogP contribution in [0.2, 0.25) is 0 Å². The topological polar surface area (TPSA) is 68.0 Å². The van der Waals surface area contributed by atoms with E-state index in [1.165, 1.54) is 7.05 Å².